The summed E-state index contributed by atoms with van der Waals surface area (Å²) < 4.78 is 28.8. The molecule has 1 aliphatic rings. The van der Waals surface area contributed by atoms with Crippen LogP contribution in [0.25, 0.3) is 11.1 Å². The van der Waals surface area contributed by atoms with Crippen molar-refractivity contribution in [3.05, 3.63) is 94.5 Å². The first kappa shape index (κ1) is 22.9. The molecule has 1 aliphatic heterocycles. The predicted octanol–water partition coefficient (Wildman–Crippen LogP) is 5.60. The molecule has 0 aliphatic carbocycles. The van der Waals surface area contributed by atoms with Crippen molar-refractivity contribution in [1.29, 1.82) is 0 Å². The lowest BCUT2D eigenvalue weighted by Crippen LogP contribution is -2.47. The van der Waals surface area contributed by atoms with E-state index >= 15 is 0 Å². The quantitative estimate of drug-likeness (QED) is 0.530. The lowest BCUT2D eigenvalue weighted by atomic mass is 9.97. The molecule has 1 N–H and O–H groups in total. The van der Waals surface area contributed by atoms with Crippen LogP contribution in [-0.2, 0) is 11.3 Å². The maximum atomic E-state index is 14.4. The maximum Gasteiger partial charge on any atom is 0.252 e. The molecule has 4 nitrogen and oxygen atoms in total. The van der Waals surface area contributed by atoms with E-state index in [1.165, 1.54) is 18.2 Å². The zero-order valence-corrected chi connectivity index (χ0v) is 18.6. The van der Waals surface area contributed by atoms with E-state index in [4.69, 9.17) is 11.6 Å². The molecule has 3 aromatic rings. The average Bonchev–Trinajstić information content (AvgIpc) is 2.97. The second kappa shape index (κ2) is 10.1. The molecule has 7 heteroatoms. The van der Waals surface area contributed by atoms with Gasteiger partial charge in [-0.05, 0) is 55.2 Å². The Labute approximate surface area is 196 Å². The highest BCUT2D eigenvalue weighted by atomic mass is 35.5. The van der Waals surface area contributed by atoms with E-state index in [0.29, 0.717) is 24.5 Å². The Morgan fingerprint density at radius 1 is 0.970 bits per heavy atom. The Balaban J connectivity index is 1.56. The fourth-order valence-electron chi connectivity index (χ4n) is 4.10. The molecule has 1 fully saturated rings. The van der Waals surface area contributed by atoms with Crippen molar-refractivity contribution in [2.24, 2.45) is 0 Å². The number of hydrogen-bond donors (Lipinski definition) is 1. The van der Waals surface area contributed by atoms with E-state index in [0.717, 1.165) is 30.5 Å². The number of rotatable bonds is 5. The van der Waals surface area contributed by atoms with Gasteiger partial charge in [0.25, 0.3) is 5.91 Å². The molecule has 170 valence electrons. The van der Waals surface area contributed by atoms with E-state index in [9.17, 15) is 18.4 Å². The summed E-state index contributed by atoms with van der Waals surface area (Å²) in [7, 11) is 0. The molecule has 1 saturated heterocycles. The van der Waals surface area contributed by atoms with Crippen LogP contribution in [-0.4, -0.2) is 29.3 Å². The normalized spacial score (nSPS) is 16.4. The minimum absolute atomic E-state index is 0.114. The van der Waals surface area contributed by atoms with Crippen LogP contribution in [0.3, 0.4) is 0 Å². The summed E-state index contributed by atoms with van der Waals surface area (Å²) in [5.74, 6) is -2.23. The number of halogens is 3. The minimum Gasteiger partial charge on any atom is -0.340 e. The third kappa shape index (κ3) is 5.22. The van der Waals surface area contributed by atoms with Crippen molar-refractivity contribution < 1.29 is 18.4 Å². The highest BCUT2D eigenvalue weighted by molar-refractivity contribution is 6.30. The highest BCUT2D eigenvalue weighted by Gasteiger charge is 2.29. The van der Waals surface area contributed by atoms with Gasteiger partial charge < -0.3 is 10.2 Å². The number of carbonyl (C=O) groups is 2. The van der Waals surface area contributed by atoms with Gasteiger partial charge in [0.15, 0.2) is 0 Å². The minimum atomic E-state index is -0.755. The number of carbonyl (C=O) groups excluding carboxylic acids is 2. The van der Waals surface area contributed by atoms with Gasteiger partial charge in [-0.15, -0.1) is 0 Å². The largest absolute Gasteiger partial charge is 0.340 e. The Kier molecular flexibility index (Phi) is 7.04. The van der Waals surface area contributed by atoms with Gasteiger partial charge in [-0.1, -0.05) is 48.0 Å². The first-order valence-electron chi connectivity index (χ1n) is 10.8. The SMILES string of the molecule is O=C(NC1CCCCN(Cc2ccc(Cl)cc2)C1=O)c1ccccc1-c1c(F)cccc1F. The van der Waals surface area contributed by atoms with Crippen LogP contribution in [0, 0.1) is 11.6 Å². The molecule has 0 aromatic heterocycles. The van der Waals surface area contributed by atoms with Gasteiger partial charge in [-0.25, -0.2) is 8.78 Å². The van der Waals surface area contributed by atoms with Crippen LogP contribution < -0.4 is 5.32 Å². The van der Waals surface area contributed by atoms with Gasteiger partial charge in [-0.2, -0.15) is 0 Å². The lowest BCUT2D eigenvalue weighted by molar-refractivity contribution is -0.133. The molecular weight excluding hydrogens is 446 g/mol. The fraction of sp³-hybridized carbons (Fsp3) is 0.231. The second-order valence-corrected chi connectivity index (χ2v) is 8.49. The number of amides is 2. The summed E-state index contributed by atoms with van der Waals surface area (Å²) in [6, 6.07) is 16.4. The van der Waals surface area contributed by atoms with Crippen molar-refractivity contribution in [2.45, 2.75) is 31.8 Å². The molecular formula is C26H23ClF2N2O2. The van der Waals surface area contributed by atoms with Gasteiger partial charge >= 0.3 is 0 Å². The summed E-state index contributed by atoms with van der Waals surface area (Å²) in [6.07, 6.45) is 2.10. The number of nitrogens with zero attached hydrogens (tertiary/aromatic N) is 1. The second-order valence-electron chi connectivity index (χ2n) is 8.05. The third-order valence-electron chi connectivity index (χ3n) is 5.78. The molecule has 0 spiro atoms. The smallest absolute Gasteiger partial charge is 0.252 e. The summed E-state index contributed by atoms with van der Waals surface area (Å²) in [5.41, 5.74) is 0.937. The maximum absolute atomic E-state index is 14.4. The number of benzene rings is 3. The number of hydrogen-bond acceptors (Lipinski definition) is 2. The van der Waals surface area contributed by atoms with Crippen LogP contribution >= 0.6 is 11.6 Å². The molecule has 4 rings (SSSR count). The van der Waals surface area contributed by atoms with Crippen molar-refractivity contribution in [2.75, 3.05) is 6.54 Å². The molecule has 0 saturated carbocycles. The number of likely N-dealkylation sites (tertiary alicyclic amines) is 1. The monoisotopic (exact) mass is 468 g/mol. The van der Waals surface area contributed by atoms with E-state index in [-0.39, 0.29) is 22.6 Å². The van der Waals surface area contributed by atoms with Gasteiger partial charge in [-0.3, -0.25) is 9.59 Å². The van der Waals surface area contributed by atoms with E-state index in [1.54, 1.807) is 29.2 Å². The van der Waals surface area contributed by atoms with Crippen LogP contribution in [0.1, 0.15) is 35.2 Å². The first-order valence-corrected chi connectivity index (χ1v) is 11.2. The van der Waals surface area contributed by atoms with Crippen LogP contribution in [0.15, 0.2) is 66.7 Å². The molecule has 3 aromatic carbocycles. The van der Waals surface area contributed by atoms with Crippen molar-refractivity contribution in [3.8, 4) is 11.1 Å². The molecule has 0 bridgehead atoms. The van der Waals surface area contributed by atoms with Crippen LogP contribution in [0.4, 0.5) is 8.78 Å². The molecule has 1 heterocycles. The molecule has 1 unspecified atom stereocenters. The van der Waals surface area contributed by atoms with Gasteiger partial charge in [0, 0.05) is 29.2 Å². The summed E-state index contributed by atoms with van der Waals surface area (Å²) in [5, 5.41) is 3.42. The molecule has 33 heavy (non-hydrogen) atoms. The van der Waals surface area contributed by atoms with Crippen molar-refractivity contribution in [3.63, 3.8) is 0 Å². The first-order chi connectivity index (χ1) is 15.9. The molecule has 2 amide bonds. The lowest BCUT2D eigenvalue weighted by Gasteiger charge is -2.25. The van der Waals surface area contributed by atoms with E-state index in [2.05, 4.69) is 5.32 Å². The molecule has 1 atom stereocenters. The standard InChI is InChI=1S/C26H23ClF2N2O2/c27-18-13-11-17(12-14-18)16-31-15-4-3-10-23(26(31)33)30-25(32)20-7-2-1-6-19(20)24-21(28)8-5-9-22(24)29/h1-2,5-9,11-14,23H,3-4,10,15-16H2,(H,30,32). The van der Waals surface area contributed by atoms with Gasteiger partial charge in [0.2, 0.25) is 5.91 Å². The summed E-state index contributed by atoms with van der Waals surface area (Å²) >= 11 is 5.95. The Morgan fingerprint density at radius 3 is 2.39 bits per heavy atom. The Hall–Kier alpha value is -3.25. The van der Waals surface area contributed by atoms with Crippen LogP contribution in [0.5, 0.6) is 0 Å². The zero-order valence-electron chi connectivity index (χ0n) is 17.9. The van der Waals surface area contributed by atoms with Crippen molar-refractivity contribution in [1.82, 2.24) is 10.2 Å². The van der Waals surface area contributed by atoms with E-state index in [1.807, 2.05) is 12.1 Å². The number of nitrogens with one attached hydrogen (secondary N) is 1. The third-order valence-corrected chi connectivity index (χ3v) is 6.03. The van der Waals surface area contributed by atoms with Crippen LogP contribution in [0.2, 0.25) is 5.02 Å². The van der Waals surface area contributed by atoms with Gasteiger partial charge in [0.05, 0.1) is 5.56 Å². The predicted molar refractivity (Wildman–Crippen MR) is 124 cm³/mol. The topological polar surface area (TPSA) is 49.4 Å². The summed E-state index contributed by atoms with van der Waals surface area (Å²) in [4.78, 5) is 28.1. The average molecular weight is 469 g/mol. The molecule has 0 radical (unpaired) electrons. The Bertz CT molecular complexity index is 1150. The summed E-state index contributed by atoms with van der Waals surface area (Å²) in [6.45, 7) is 1.00. The fourth-order valence-corrected chi connectivity index (χ4v) is 4.22. The Morgan fingerprint density at radius 2 is 1.67 bits per heavy atom. The van der Waals surface area contributed by atoms with E-state index < -0.39 is 23.6 Å². The van der Waals surface area contributed by atoms with Crippen molar-refractivity contribution >= 4 is 23.4 Å². The zero-order chi connectivity index (χ0) is 23.4. The van der Waals surface area contributed by atoms with Gasteiger partial charge in [0.1, 0.15) is 17.7 Å². The highest BCUT2D eigenvalue weighted by Crippen LogP contribution is 2.29.